The van der Waals surface area contributed by atoms with E-state index in [0.29, 0.717) is 0 Å². The number of nitrogens with one attached hydrogen (secondary N) is 1. The number of imidazole rings is 1. The average Bonchev–Trinajstić information content (AvgIpc) is 2.54. The van der Waals surface area contributed by atoms with Crippen LogP contribution in [0.4, 0.5) is 0 Å². The summed E-state index contributed by atoms with van der Waals surface area (Å²) >= 11 is 1.65. The summed E-state index contributed by atoms with van der Waals surface area (Å²) in [6.45, 7) is 2.16. The van der Waals surface area contributed by atoms with Gasteiger partial charge >= 0.3 is 0 Å². The SMILES string of the molecule is Cc1nc2ccc(SCCO)cc2[nH]1. The number of aliphatic hydroxyl groups is 1. The third-order valence-electron chi connectivity index (χ3n) is 1.93. The predicted octanol–water partition coefficient (Wildman–Crippen LogP) is 1.96. The largest absolute Gasteiger partial charge is 0.396 e. The van der Waals surface area contributed by atoms with E-state index in [4.69, 9.17) is 5.11 Å². The topological polar surface area (TPSA) is 48.9 Å². The Bertz CT molecular complexity index is 439. The number of H-pyrrole nitrogens is 1. The van der Waals surface area contributed by atoms with Crippen LogP contribution in [0.25, 0.3) is 11.0 Å². The maximum Gasteiger partial charge on any atom is 0.104 e. The van der Waals surface area contributed by atoms with E-state index in [-0.39, 0.29) is 6.61 Å². The summed E-state index contributed by atoms with van der Waals surface area (Å²) in [6, 6.07) is 6.09. The summed E-state index contributed by atoms with van der Waals surface area (Å²) in [5, 5.41) is 8.70. The molecule has 0 spiro atoms. The molecular weight excluding hydrogens is 196 g/mol. The first-order chi connectivity index (χ1) is 6.79. The van der Waals surface area contributed by atoms with Gasteiger partial charge in [0.2, 0.25) is 0 Å². The van der Waals surface area contributed by atoms with Crippen LogP contribution in [0.15, 0.2) is 23.1 Å². The van der Waals surface area contributed by atoms with Crippen molar-refractivity contribution in [2.75, 3.05) is 12.4 Å². The van der Waals surface area contributed by atoms with Crippen molar-refractivity contribution in [3.05, 3.63) is 24.0 Å². The molecule has 4 heteroatoms. The number of aliphatic hydroxyl groups excluding tert-OH is 1. The summed E-state index contributed by atoms with van der Waals surface area (Å²) in [5.74, 6) is 1.67. The van der Waals surface area contributed by atoms with Gasteiger partial charge in [-0.05, 0) is 25.1 Å². The fraction of sp³-hybridized carbons (Fsp3) is 0.300. The number of rotatable bonds is 3. The Morgan fingerprint density at radius 3 is 3.14 bits per heavy atom. The van der Waals surface area contributed by atoms with Crippen LogP contribution in [0.3, 0.4) is 0 Å². The number of aromatic nitrogens is 2. The first-order valence-corrected chi connectivity index (χ1v) is 5.48. The zero-order valence-corrected chi connectivity index (χ0v) is 8.77. The van der Waals surface area contributed by atoms with Crippen molar-refractivity contribution in [2.24, 2.45) is 0 Å². The molecule has 0 unspecified atom stereocenters. The van der Waals surface area contributed by atoms with E-state index < -0.39 is 0 Å². The van der Waals surface area contributed by atoms with E-state index in [9.17, 15) is 0 Å². The molecule has 1 aromatic heterocycles. The highest BCUT2D eigenvalue weighted by molar-refractivity contribution is 7.99. The molecule has 0 amide bonds. The molecule has 1 heterocycles. The molecule has 1 aromatic carbocycles. The van der Waals surface area contributed by atoms with Gasteiger partial charge in [0.15, 0.2) is 0 Å². The quantitative estimate of drug-likeness (QED) is 0.758. The van der Waals surface area contributed by atoms with Gasteiger partial charge < -0.3 is 10.1 Å². The molecule has 0 saturated heterocycles. The van der Waals surface area contributed by atoms with E-state index in [1.54, 1.807) is 11.8 Å². The van der Waals surface area contributed by atoms with Crippen molar-refractivity contribution in [1.29, 1.82) is 0 Å². The molecule has 74 valence electrons. The monoisotopic (exact) mass is 208 g/mol. The summed E-state index contributed by atoms with van der Waals surface area (Å²) in [4.78, 5) is 8.67. The van der Waals surface area contributed by atoms with Gasteiger partial charge in [0.1, 0.15) is 5.82 Å². The highest BCUT2D eigenvalue weighted by atomic mass is 32.2. The second kappa shape index (κ2) is 4.02. The summed E-state index contributed by atoms with van der Waals surface area (Å²) in [7, 11) is 0. The molecule has 0 radical (unpaired) electrons. The van der Waals surface area contributed by atoms with Crippen LogP contribution >= 0.6 is 11.8 Å². The second-order valence-electron chi connectivity index (χ2n) is 3.07. The molecule has 0 atom stereocenters. The molecule has 0 bridgehead atoms. The van der Waals surface area contributed by atoms with Gasteiger partial charge in [0.05, 0.1) is 17.6 Å². The predicted molar refractivity (Wildman–Crippen MR) is 58.6 cm³/mol. The molecule has 0 aliphatic heterocycles. The van der Waals surface area contributed by atoms with Gasteiger partial charge in [-0.2, -0.15) is 0 Å². The zero-order valence-electron chi connectivity index (χ0n) is 7.95. The Morgan fingerprint density at radius 1 is 1.50 bits per heavy atom. The average molecular weight is 208 g/mol. The van der Waals surface area contributed by atoms with Crippen molar-refractivity contribution in [1.82, 2.24) is 9.97 Å². The molecule has 14 heavy (non-hydrogen) atoms. The standard InChI is InChI=1S/C10H12N2OS/c1-7-11-9-3-2-8(14-5-4-13)6-10(9)12-7/h2-3,6,13H,4-5H2,1H3,(H,11,12). The molecule has 3 nitrogen and oxygen atoms in total. The van der Waals surface area contributed by atoms with E-state index in [1.165, 1.54) is 0 Å². The van der Waals surface area contributed by atoms with Crippen LogP contribution in [-0.4, -0.2) is 27.4 Å². The van der Waals surface area contributed by atoms with Crippen LogP contribution in [0.5, 0.6) is 0 Å². The van der Waals surface area contributed by atoms with Crippen LogP contribution in [0.1, 0.15) is 5.82 Å². The fourth-order valence-electron chi connectivity index (χ4n) is 1.37. The fourth-order valence-corrected chi connectivity index (χ4v) is 2.06. The maximum absolute atomic E-state index is 8.70. The lowest BCUT2D eigenvalue weighted by Gasteiger charge is -1.98. The lowest BCUT2D eigenvalue weighted by atomic mass is 10.3. The van der Waals surface area contributed by atoms with Gasteiger partial charge in [-0.15, -0.1) is 11.8 Å². The molecule has 0 saturated carbocycles. The molecule has 2 aromatic rings. The van der Waals surface area contributed by atoms with E-state index in [1.807, 2.05) is 19.1 Å². The van der Waals surface area contributed by atoms with Crippen molar-refractivity contribution in [3.8, 4) is 0 Å². The number of fused-ring (bicyclic) bond motifs is 1. The number of aromatic amines is 1. The minimum absolute atomic E-state index is 0.213. The third kappa shape index (κ3) is 1.91. The molecule has 0 aliphatic rings. The minimum Gasteiger partial charge on any atom is -0.396 e. The third-order valence-corrected chi connectivity index (χ3v) is 2.91. The zero-order chi connectivity index (χ0) is 9.97. The highest BCUT2D eigenvalue weighted by Crippen LogP contribution is 2.21. The number of thioether (sulfide) groups is 1. The first kappa shape index (κ1) is 9.55. The van der Waals surface area contributed by atoms with Gasteiger partial charge in [0, 0.05) is 10.6 Å². The van der Waals surface area contributed by atoms with Crippen LogP contribution in [0.2, 0.25) is 0 Å². The van der Waals surface area contributed by atoms with Crippen molar-refractivity contribution in [2.45, 2.75) is 11.8 Å². The lowest BCUT2D eigenvalue weighted by molar-refractivity contribution is 0.322. The summed E-state index contributed by atoms with van der Waals surface area (Å²) in [6.07, 6.45) is 0. The first-order valence-electron chi connectivity index (χ1n) is 4.49. The van der Waals surface area contributed by atoms with Gasteiger partial charge in [-0.1, -0.05) is 0 Å². The van der Waals surface area contributed by atoms with Crippen molar-refractivity contribution in [3.63, 3.8) is 0 Å². The van der Waals surface area contributed by atoms with E-state index in [2.05, 4.69) is 16.0 Å². The molecule has 0 aliphatic carbocycles. The van der Waals surface area contributed by atoms with E-state index >= 15 is 0 Å². The Balaban J connectivity index is 2.31. The Morgan fingerprint density at radius 2 is 2.36 bits per heavy atom. The van der Waals surface area contributed by atoms with Crippen LogP contribution in [-0.2, 0) is 0 Å². The minimum atomic E-state index is 0.213. The lowest BCUT2D eigenvalue weighted by Crippen LogP contribution is -1.85. The van der Waals surface area contributed by atoms with E-state index in [0.717, 1.165) is 27.5 Å². The van der Waals surface area contributed by atoms with Crippen molar-refractivity contribution < 1.29 is 5.11 Å². The maximum atomic E-state index is 8.70. The van der Waals surface area contributed by atoms with Gasteiger partial charge in [-0.25, -0.2) is 4.98 Å². The Labute approximate surface area is 86.6 Å². The van der Waals surface area contributed by atoms with Crippen LogP contribution in [0, 0.1) is 6.92 Å². The van der Waals surface area contributed by atoms with Crippen molar-refractivity contribution >= 4 is 22.8 Å². The smallest absolute Gasteiger partial charge is 0.104 e. The second-order valence-corrected chi connectivity index (χ2v) is 4.24. The Hall–Kier alpha value is -1.00. The summed E-state index contributed by atoms with van der Waals surface area (Å²) in [5.41, 5.74) is 2.06. The summed E-state index contributed by atoms with van der Waals surface area (Å²) < 4.78 is 0. The normalized spacial score (nSPS) is 11.0. The molecule has 2 N–H and O–H groups in total. The Kier molecular flexibility index (Phi) is 2.74. The number of aryl methyl sites for hydroxylation is 1. The number of nitrogens with zero attached hydrogens (tertiary/aromatic N) is 1. The van der Waals surface area contributed by atoms with Gasteiger partial charge in [0.25, 0.3) is 0 Å². The highest BCUT2D eigenvalue weighted by Gasteiger charge is 2.00. The number of hydrogen-bond donors (Lipinski definition) is 2. The molecule has 0 fully saturated rings. The number of hydrogen-bond acceptors (Lipinski definition) is 3. The van der Waals surface area contributed by atoms with Crippen LogP contribution < -0.4 is 0 Å². The molecular formula is C10H12N2OS. The van der Waals surface area contributed by atoms with Gasteiger partial charge in [-0.3, -0.25) is 0 Å². The number of benzene rings is 1. The molecule has 2 rings (SSSR count).